The number of ether oxygens (including phenoxy) is 1. The van der Waals surface area contributed by atoms with Gasteiger partial charge in [-0.15, -0.1) is 0 Å². The van der Waals surface area contributed by atoms with Crippen LogP contribution in [0.2, 0.25) is 0 Å². The summed E-state index contributed by atoms with van der Waals surface area (Å²) in [7, 11) is 0. The van der Waals surface area contributed by atoms with E-state index in [1.807, 2.05) is 20.8 Å². The van der Waals surface area contributed by atoms with E-state index in [9.17, 15) is 9.59 Å². The summed E-state index contributed by atoms with van der Waals surface area (Å²) in [6, 6.07) is 0. The normalized spacial score (nSPS) is 27.3. The van der Waals surface area contributed by atoms with Gasteiger partial charge in [0.25, 0.3) is 0 Å². The molecule has 1 saturated heterocycles. The molecule has 0 bridgehead atoms. The maximum Gasteiger partial charge on any atom is 0.332 e. The highest BCUT2D eigenvalue weighted by molar-refractivity contribution is 5.91. The molecule has 0 aromatic carbocycles. The highest BCUT2D eigenvalue weighted by atomic mass is 16.6. The molecule has 4 nitrogen and oxygen atoms in total. The topological polar surface area (TPSA) is 55.4 Å². The molecule has 1 amide bonds. The predicted octanol–water partition coefficient (Wildman–Crippen LogP) is 0.997. The van der Waals surface area contributed by atoms with Crippen molar-refractivity contribution in [2.75, 3.05) is 0 Å². The molecule has 1 fully saturated rings. The molecule has 1 aliphatic rings. The minimum atomic E-state index is -0.829. The fraction of sp³-hybridized carbons (Fsp3) is 0.800. The van der Waals surface area contributed by atoms with Gasteiger partial charge in [0.1, 0.15) is 11.1 Å². The maximum absolute atomic E-state index is 11.7. The molecule has 0 aliphatic carbocycles. The largest absolute Gasteiger partial charge is 0.458 e. The van der Waals surface area contributed by atoms with E-state index in [4.69, 9.17) is 4.74 Å². The molecule has 1 N–H and O–H groups in total. The molecule has 1 heterocycles. The fourth-order valence-corrected chi connectivity index (χ4v) is 1.34. The van der Waals surface area contributed by atoms with E-state index in [0.29, 0.717) is 12.8 Å². The molecule has 1 aliphatic heterocycles. The number of esters is 1. The van der Waals surface area contributed by atoms with Crippen molar-refractivity contribution in [2.24, 2.45) is 0 Å². The van der Waals surface area contributed by atoms with E-state index < -0.39 is 11.1 Å². The Balaban J connectivity index is 2.65. The molecule has 0 aromatic heterocycles. The molecule has 1 rings (SSSR count). The van der Waals surface area contributed by atoms with Crippen LogP contribution in [-0.2, 0) is 14.3 Å². The zero-order chi connectivity index (χ0) is 11.0. The van der Waals surface area contributed by atoms with Crippen LogP contribution in [0.3, 0.4) is 0 Å². The summed E-state index contributed by atoms with van der Waals surface area (Å²) in [5, 5.41) is 2.64. The van der Waals surface area contributed by atoms with Crippen LogP contribution in [0.25, 0.3) is 0 Å². The molecule has 0 unspecified atom stereocenters. The summed E-state index contributed by atoms with van der Waals surface area (Å²) in [6.07, 6.45) is 0.913. The molecular weight excluding hydrogens is 182 g/mol. The van der Waals surface area contributed by atoms with Gasteiger partial charge in [-0.25, -0.2) is 4.79 Å². The summed E-state index contributed by atoms with van der Waals surface area (Å²) in [6.45, 7) is 7.13. The minimum absolute atomic E-state index is 0.0849. The van der Waals surface area contributed by atoms with E-state index in [0.717, 1.165) is 0 Å². The third-order valence-electron chi connectivity index (χ3n) is 2.12. The predicted molar refractivity (Wildman–Crippen MR) is 51.6 cm³/mol. The molecule has 0 aromatic rings. The Bertz CT molecular complexity index is 267. The highest BCUT2D eigenvalue weighted by Crippen LogP contribution is 2.23. The number of amides is 1. The molecular formula is C10H17NO3. The SMILES string of the molecule is CC(C)(C)OC(=O)[C@]1(C)CCC(=O)N1. The monoisotopic (exact) mass is 199 g/mol. The van der Waals surface area contributed by atoms with Gasteiger partial charge in [-0.1, -0.05) is 0 Å². The Morgan fingerprint density at radius 1 is 1.50 bits per heavy atom. The molecule has 0 radical (unpaired) electrons. The second-order valence-corrected chi connectivity index (χ2v) is 4.88. The number of carbonyl (C=O) groups excluding carboxylic acids is 2. The van der Waals surface area contributed by atoms with Gasteiger partial charge in [-0.2, -0.15) is 0 Å². The first-order valence-electron chi connectivity index (χ1n) is 4.77. The summed E-state index contributed by atoms with van der Waals surface area (Å²) < 4.78 is 5.22. The Morgan fingerprint density at radius 3 is 2.43 bits per heavy atom. The van der Waals surface area contributed by atoms with Crippen molar-refractivity contribution in [1.82, 2.24) is 5.32 Å². The van der Waals surface area contributed by atoms with Crippen LogP contribution < -0.4 is 5.32 Å². The maximum atomic E-state index is 11.7. The number of nitrogens with one attached hydrogen (secondary N) is 1. The zero-order valence-electron chi connectivity index (χ0n) is 9.14. The molecule has 4 heteroatoms. The lowest BCUT2D eigenvalue weighted by atomic mass is 10.0. The van der Waals surface area contributed by atoms with Gasteiger partial charge in [0.15, 0.2) is 0 Å². The number of carbonyl (C=O) groups is 2. The lowest BCUT2D eigenvalue weighted by Crippen LogP contribution is -2.49. The number of rotatable bonds is 1. The van der Waals surface area contributed by atoms with E-state index in [2.05, 4.69) is 5.32 Å². The summed E-state index contributed by atoms with van der Waals surface area (Å²) in [4.78, 5) is 22.7. The van der Waals surface area contributed by atoms with Gasteiger partial charge >= 0.3 is 5.97 Å². The third-order valence-corrected chi connectivity index (χ3v) is 2.12. The summed E-state index contributed by atoms with van der Waals surface area (Å²) >= 11 is 0. The summed E-state index contributed by atoms with van der Waals surface area (Å²) in [5.41, 5.74) is -1.34. The molecule has 1 atom stereocenters. The van der Waals surface area contributed by atoms with Crippen molar-refractivity contribution in [3.8, 4) is 0 Å². The molecule has 80 valence electrons. The van der Waals surface area contributed by atoms with Gasteiger partial charge in [0, 0.05) is 6.42 Å². The smallest absolute Gasteiger partial charge is 0.332 e. The molecule has 0 spiro atoms. The van der Waals surface area contributed by atoms with Crippen LogP contribution in [0.1, 0.15) is 40.5 Å². The van der Waals surface area contributed by atoms with Crippen molar-refractivity contribution in [2.45, 2.75) is 51.7 Å². The van der Waals surface area contributed by atoms with Crippen LogP contribution in [-0.4, -0.2) is 23.0 Å². The van der Waals surface area contributed by atoms with Crippen molar-refractivity contribution in [3.63, 3.8) is 0 Å². The van der Waals surface area contributed by atoms with Gasteiger partial charge in [-0.3, -0.25) is 4.79 Å². The van der Waals surface area contributed by atoms with Crippen LogP contribution in [0.15, 0.2) is 0 Å². The fourth-order valence-electron chi connectivity index (χ4n) is 1.34. The quantitative estimate of drug-likeness (QED) is 0.641. The van der Waals surface area contributed by atoms with Crippen molar-refractivity contribution >= 4 is 11.9 Å². The average molecular weight is 199 g/mol. The molecule has 0 saturated carbocycles. The summed E-state index contributed by atoms with van der Waals surface area (Å²) in [5.74, 6) is -0.436. The second-order valence-electron chi connectivity index (χ2n) is 4.88. The Hall–Kier alpha value is -1.06. The van der Waals surface area contributed by atoms with Crippen LogP contribution >= 0.6 is 0 Å². The average Bonchev–Trinajstić information content (AvgIpc) is 2.29. The van der Waals surface area contributed by atoms with E-state index >= 15 is 0 Å². The van der Waals surface area contributed by atoms with Crippen molar-refractivity contribution in [1.29, 1.82) is 0 Å². The first-order chi connectivity index (χ1) is 6.23. The molecule has 14 heavy (non-hydrogen) atoms. The van der Waals surface area contributed by atoms with Gasteiger partial charge < -0.3 is 10.1 Å². The van der Waals surface area contributed by atoms with E-state index in [-0.39, 0.29) is 11.9 Å². The minimum Gasteiger partial charge on any atom is -0.458 e. The van der Waals surface area contributed by atoms with Crippen molar-refractivity contribution < 1.29 is 14.3 Å². The van der Waals surface area contributed by atoms with Gasteiger partial charge in [-0.05, 0) is 34.1 Å². The van der Waals surface area contributed by atoms with Gasteiger partial charge in [0.05, 0.1) is 0 Å². The van der Waals surface area contributed by atoms with Crippen LogP contribution in [0.4, 0.5) is 0 Å². The Kier molecular flexibility index (Phi) is 2.56. The standard InChI is InChI=1S/C10H17NO3/c1-9(2,3)14-8(13)10(4)6-5-7(12)11-10/h5-6H2,1-4H3,(H,11,12)/t10-/m0/s1. The third kappa shape index (κ3) is 2.47. The second kappa shape index (κ2) is 3.26. The Labute approximate surface area is 84.0 Å². The number of hydrogen-bond donors (Lipinski definition) is 1. The Morgan fingerprint density at radius 2 is 2.07 bits per heavy atom. The first kappa shape index (κ1) is 11.0. The lowest BCUT2D eigenvalue weighted by molar-refractivity contribution is -0.162. The zero-order valence-corrected chi connectivity index (χ0v) is 9.14. The van der Waals surface area contributed by atoms with Crippen LogP contribution in [0, 0.1) is 0 Å². The van der Waals surface area contributed by atoms with Crippen LogP contribution in [0.5, 0.6) is 0 Å². The van der Waals surface area contributed by atoms with Gasteiger partial charge in [0.2, 0.25) is 5.91 Å². The highest BCUT2D eigenvalue weighted by Gasteiger charge is 2.42. The number of hydrogen-bond acceptors (Lipinski definition) is 3. The first-order valence-corrected chi connectivity index (χ1v) is 4.77. The lowest BCUT2D eigenvalue weighted by Gasteiger charge is -2.27. The van der Waals surface area contributed by atoms with Crippen molar-refractivity contribution in [3.05, 3.63) is 0 Å². The van der Waals surface area contributed by atoms with E-state index in [1.54, 1.807) is 6.92 Å². The van der Waals surface area contributed by atoms with E-state index in [1.165, 1.54) is 0 Å².